The molecule has 0 fully saturated rings. The Kier molecular flexibility index (Phi) is 11.6. The van der Waals surface area contributed by atoms with Crippen molar-refractivity contribution in [1.29, 1.82) is 0 Å². The summed E-state index contributed by atoms with van der Waals surface area (Å²) in [6.45, 7) is 16.3. The first kappa shape index (κ1) is 38.3. The van der Waals surface area contributed by atoms with Crippen LogP contribution in [0, 0.1) is 0 Å². The molecule has 0 aliphatic rings. The van der Waals surface area contributed by atoms with Crippen molar-refractivity contribution < 1.29 is 29.3 Å². The molecule has 0 radical (unpaired) electrons. The predicted octanol–water partition coefficient (Wildman–Crippen LogP) is 9.19. The number of ether oxygens (including phenoxy) is 2. The number of aromatic nitrogens is 4. The zero-order valence-electron chi connectivity index (χ0n) is 30.7. The van der Waals surface area contributed by atoms with Crippen LogP contribution >= 0.6 is 22.7 Å². The number of carbonyl (C=O) groups is 2. The van der Waals surface area contributed by atoms with E-state index in [2.05, 4.69) is 63.6 Å². The summed E-state index contributed by atoms with van der Waals surface area (Å²) in [4.78, 5) is 42.8. The normalized spacial score (nSPS) is 11.7. The number of benzene rings is 2. The van der Waals surface area contributed by atoms with Gasteiger partial charge in [-0.15, -0.1) is 22.7 Å². The quantitative estimate of drug-likeness (QED) is 0.145. The molecule has 0 atom stereocenters. The molecule has 52 heavy (non-hydrogen) atoms. The standard InChI is InChI=1S/C21H24N2O3S.C19H20N2O3S/c1-5-26-19(25)16-17(24)18-15(23-20(27-18)21(2,3)4)14(22-16)12-11-13-9-7-6-8-10-13;1-5-24-17(23)14-15(22)16-13(21-18(25-16)19(2,3)4)12(20-14)11-9-7-6-8-10-11/h6-10,24H,5,11-12H2,1-4H3;6-10,22H,5H2,1-4H3. The van der Waals surface area contributed by atoms with Crippen molar-refractivity contribution in [2.75, 3.05) is 13.2 Å². The number of hydrogen-bond acceptors (Lipinski definition) is 12. The van der Waals surface area contributed by atoms with Gasteiger partial charge in [-0.25, -0.2) is 29.5 Å². The highest BCUT2D eigenvalue weighted by atomic mass is 32.1. The van der Waals surface area contributed by atoms with Gasteiger partial charge in [0.25, 0.3) is 0 Å². The number of nitrogens with zero attached hydrogens (tertiary/aromatic N) is 4. The molecule has 0 aliphatic carbocycles. The maximum Gasteiger partial charge on any atom is 0.360 e. The van der Waals surface area contributed by atoms with E-state index >= 15 is 0 Å². The maximum absolute atomic E-state index is 12.3. The summed E-state index contributed by atoms with van der Waals surface area (Å²) in [5.41, 5.74) is 4.15. The van der Waals surface area contributed by atoms with E-state index < -0.39 is 11.9 Å². The highest BCUT2D eigenvalue weighted by molar-refractivity contribution is 7.19. The Bertz CT molecular complexity index is 2200. The Hall–Kier alpha value is -4.94. The Morgan fingerprint density at radius 3 is 1.60 bits per heavy atom. The van der Waals surface area contributed by atoms with Crippen LogP contribution in [-0.4, -0.2) is 55.3 Å². The Morgan fingerprint density at radius 1 is 0.635 bits per heavy atom. The van der Waals surface area contributed by atoms with E-state index in [4.69, 9.17) is 19.4 Å². The van der Waals surface area contributed by atoms with Crippen LogP contribution in [0.15, 0.2) is 60.7 Å². The second kappa shape index (κ2) is 15.7. The molecule has 0 amide bonds. The van der Waals surface area contributed by atoms with E-state index in [-0.39, 0.29) is 46.9 Å². The molecule has 6 rings (SSSR count). The zero-order valence-corrected chi connectivity index (χ0v) is 32.4. The fraction of sp³-hybridized carbons (Fsp3) is 0.350. The van der Waals surface area contributed by atoms with Gasteiger partial charge in [-0.05, 0) is 32.3 Å². The Labute approximate surface area is 311 Å². The van der Waals surface area contributed by atoms with Crippen molar-refractivity contribution in [3.05, 3.63) is 93.3 Å². The Morgan fingerprint density at radius 2 is 1.10 bits per heavy atom. The molecule has 0 bridgehead atoms. The molecule has 0 unspecified atom stereocenters. The van der Waals surface area contributed by atoms with E-state index in [1.54, 1.807) is 13.8 Å². The molecule has 272 valence electrons. The lowest BCUT2D eigenvalue weighted by molar-refractivity contribution is 0.0506. The SMILES string of the molecule is CCOC(=O)c1nc(-c2ccccc2)c2nc(C(C)(C)C)sc2c1O.CCOC(=O)c1nc(CCc2ccccc2)c2nc(C(C)(C)C)sc2c1O. The van der Waals surface area contributed by atoms with Gasteiger partial charge in [0, 0.05) is 16.4 Å². The van der Waals surface area contributed by atoms with Crippen molar-refractivity contribution >= 4 is 55.0 Å². The first-order valence-electron chi connectivity index (χ1n) is 17.1. The minimum Gasteiger partial charge on any atom is -0.504 e. The smallest absolute Gasteiger partial charge is 0.360 e. The van der Waals surface area contributed by atoms with Gasteiger partial charge in [0.1, 0.15) is 20.4 Å². The van der Waals surface area contributed by atoms with Gasteiger partial charge in [-0.2, -0.15) is 0 Å². The number of thiazole rings is 2. The summed E-state index contributed by atoms with van der Waals surface area (Å²) in [6, 6.07) is 19.6. The topological polar surface area (TPSA) is 145 Å². The highest BCUT2D eigenvalue weighted by Crippen LogP contribution is 2.42. The third-order valence-corrected chi connectivity index (χ3v) is 10.8. The van der Waals surface area contributed by atoms with Crippen LogP contribution in [0.3, 0.4) is 0 Å². The lowest BCUT2D eigenvalue weighted by Gasteiger charge is -2.13. The van der Waals surface area contributed by atoms with Gasteiger partial charge in [0.2, 0.25) is 0 Å². The second-order valence-electron chi connectivity index (χ2n) is 14.1. The predicted molar refractivity (Wildman–Crippen MR) is 207 cm³/mol. The minimum atomic E-state index is -0.634. The van der Waals surface area contributed by atoms with Crippen LogP contribution in [0.2, 0.25) is 0 Å². The van der Waals surface area contributed by atoms with Crippen molar-refractivity contribution in [3.63, 3.8) is 0 Å². The number of aromatic hydroxyl groups is 2. The van der Waals surface area contributed by atoms with Crippen LogP contribution in [0.25, 0.3) is 31.7 Å². The molecule has 2 aromatic carbocycles. The average Bonchev–Trinajstić information content (AvgIpc) is 3.77. The molecule has 0 saturated heterocycles. The van der Waals surface area contributed by atoms with E-state index in [1.807, 2.05) is 48.5 Å². The van der Waals surface area contributed by atoms with Crippen molar-refractivity contribution in [2.45, 2.75) is 79.1 Å². The van der Waals surface area contributed by atoms with Gasteiger partial charge in [-0.1, -0.05) is 102 Å². The maximum atomic E-state index is 12.3. The molecule has 0 spiro atoms. The number of hydrogen-bond donors (Lipinski definition) is 2. The average molecular weight is 741 g/mol. The number of aryl methyl sites for hydroxylation is 2. The molecule has 0 saturated carbocycles. The number of fused-ring (bicyclic) bond motifs is 2. The van der Waals surface area contributed by atoms with Gasteiger partial charge in [0.15, 0.2) is 22.9 Å². The summed E-state index contributed by atoms with van der Waals surface area (Å²) in [7, 11) is 0. The summed E-state index contributed by atoms with van der Waals surface area (Å²) in [5, 5.41) is 23.0. The van der Waals surface area contributed by atoms with Gasteiger partial charge >= 0.3 is 11.9 Å². The van der Waals surface area contributed by atoms with Gasteiger partial charge < -0.3 is 19.7 Å². The third kappa shape index (κ3) is 8.40. The molecule has 12 heteroatoms. The van der Waals surface area contributed by atoms with Crippen LogP contribution < -0.4 is 0 Å². The fourth-order valence-corrected chi connectivity index (χ4v) is 7.35. The zero-order chi connectivity index (χ0) is 37.8. The monoisotopic (exact) mass is 740 g/mol. The molecule has 10 nitrogen and oxygen atoms in total. The van der Waals surface area contributed by atoms with E-state index in [0.717, 1.165) is 22.0 Å². The number of pyridine rings is 2. The van der Waals surface area contributed by atoms with Crippen LogP contribution in [0.4, 0.5) is 0 Å². The molecular formula is C40H44N4O6S2. The summed E-state index contributed by atoms with van der Waals surface area (Å²) in [5.74, 6) is -1.55. The molecule has 4 aromatic heterocycles. The van der Waals surface area contributed by atoms with Crippen molar-refractivity contribution in [3.8, 4) is 22.8 Å². The summed E-state index contributed by atoms with van der Waals surface area (Å²) < 4.78 is 11.3. The lowest BCUT2D eigenvalue weighted by atomic mass is 9.98. The molecular weight excluding hydrogens is 697 g/mol. The Balaban J connectivity index is 0.000000202. The second-order valence-corrected chi connectivity index (χ2v) is 16.1. The number of carbonyl (C=O) groups excluding carboxylic acids is 2. The molecule has 0 aliphatic heterocycles. The largest absolute Gasteiger partial charge is 0.504 e. The molecule has 2 N–H and O–H groups in total. The van der Waals surface area contributed by atoms with Crippen LogP contribution in [-0.2, 0) is 33.1 Å². The van der Waals surface area contributed by atoms with Gasteiger partial charge in [0.05, 0.1) is 34.6 Å². The molecule has 6 aromatic rings. The van der Waals surface area contributed by atoms with Crippen LogP contribution in [0.1, 0.15) is 97.6 Å². The highest BCUT2D eigenvalue weighted by Gasteiger charge is 2.28. The van der Waals surface area contributed by atoms with Crippen molar-refractivity contribution in [2.24, 2.45) is 0 Å². The summed E-state index contributed by atoms with van der Waals surface area (Å²) in [6.07, 6.45) is 1.40. The van der Waals surface area contributed by atoms with E-state index in [0.29, 0.717) is 38.2 Å². The molecule has 4 heterocycles. The van der Waals surface area contributed by atoms with E-state index in [9.17, 15) is 19.8 Å². The number of rotatable bonds is 8. The minimum absolute atomic E-state index is 0.0310. The van der Waals surface area contributed by atoms with Crippen LogP contribution in [0.5, 0.6) is 11.5 Å². The first-order valence-corrected chi connectivity index (χ1v) is 18.8. The third-order valence-electron chi connectivity index (χ3n) is 7.86. The van der Waals surface area contributed by atoms with E-state index in [1.165, 1.54) is 28.2 Å². The number of esters is 2. The summed E-state index contributed by atoms with van der Waals surface area (Å²) >= 11 is 2.79. The fourth-order valence-electron chi connectivity index (χ4n) is 5.20. The first-order chi connectivity index (χ1) is 24.6. The van der Waals surface area contributed by atoms with Crippen molar-refractivity contribution in [1.82, 2.24) is 19.9 Å². The lowest BCUT2D eigenvalue weighted by Crippen LogP contribution is -2.11. The van der Waals surface area contributed by atoms with Gasteiger partial charge in [-0.3, -0.25) is 0 Å².